The van der Waals surface area contributed by atoms with Crippen LogP contribution in [0.5, 0.6) is 0 Å². The van der Waals surface area contributed by atoms with Crippen LogP contribution in [-0.4, -0.2) is 22.9 Å². The molecule has 0 spiro atoms. The Hall–Kier alpha value is -0.900. The minimum Gasteiger partial charge on any atom is -0.481 e. The lowest BCUT2D eigenvalue weighted by atomic mass is 9.74. The van der Waals surface area contributed by atoms with Crippen LogP contribution in [0, 0.1) is 5.41 Å². The molecular weight excluding hydrogens is 218 g/mol. The van der Waals surface area contributed by atoms with Crippen molar-refractivity contribution in [2.24, 2.45) is 11.1 Å². The molecule has 0 aromatic rings. The molecule has 0 fully saturated rings. The number of hydrogen-bond donors (Lipinski definition) is 2. The SMILES string of the molecule is CCCCC(C)(CCC)C(=O)C(N)CC(=O)O. The fourth-order valence-corrected chi connectivity index (χ4v) is 2.22. The van der Waals surface area contributed by atoms with E-state index in [1.54, 1.807) is 0 Å². The molecule has 0 aliphatic rings. The number of hydrogen-bond acceptors (Lipinski definition) is 3. The summed E-state index contributed by atoms with van der Waals surface area (Å²) < 4.78 is 0. The molecule has 4 heteroatoms. The molecule has 0 saturated heterocycles. The first-order chi connectivity index (χ1) is 7.87. The fourth-order valence-electron chi connectivity index (χ4n) is 2.22. The van der Waals surface area contributed by atoms with Gasteiger partial charge in [0.2, 0.25) is 0 Å². The summed E-state index contributed by atoms with van der Waals surface area (Å²) in [4.78, 5) is 22.8. The molecule has 2 atom stereocenters. The average Bonchev–Trinajstić information content (AvgIpc) is 2.24. The van der Waals surface area contributed by atoms with Crippen molar-refractivity contribution in [3.05, 3.63) is 0 Å². The van der Waals surface area contributed by atoms with E-state index in [0.29, 0.717) is 0 Å². The van der Waals surface area contributed by atoms with Crippen LogP contribution < -0.4 is 5.73 Å². The number of carboxylic acids is 1. The monoisotopic (exact) mass is 243 g/mol. The normalized spacial score (nSPS) is 16.2. The maximum atomic E-state index is 12.2. The molecule has 0 heterocycles. The van der Waals surface area contributed by atoms with Crippen molar-refractivity contribution in [1.82, 2.24) is 0 Å². The fraction of sp³-hybridized carbons (Fsp3) is 0.846. The first-order valence-corrected chi connectivity index (χ1v) is 6.39. The van der Waals surface area contributed by atoms with E-state index in [1.807, 2.05) is 13.8 Å². The van der Waals surface area contributed by atoms with E-state index in [4.69, 9.17) is 10.8 Å². The van der Waals surface area contributed by atoms with Gasteiger partial charge in [-0.25, -0.2) is 0 Å². The van der Waals surface area contributed by atoms with E-state index in [2.05, 4.69) is 6.92 Å². The topological polar surface area (TPSA) is 80.4 Å². The number of unbranched alkanes of at least 4 members (excludes halogenated alkanes) is 1. The van der Waals surface area contributed by atoms with Gasteiger partial charge in [0.15, 0.2) is 5.78 Å². The van der Waals surface area contributed by atoms with E-state index in [-0.39, 0.29) is 12.2 Å². The lowest BCUT2D eigenvalue weighted by Gasteiger charge is -2.30. The molecule has 2 unspecified atom stereocenters. The highest BCUT2D eigenvalue weighted by atomic mass is 16.4. The minimum atomic E-state index is -1.01. The molecule has 0 radical (unpaired) electrons. The van der Waals surface area contributed by atoms with Gasteiger partial charge in [0.25, 0.3) is 0 Å². The molecule has 4 nitrogen and oxygen atoms in total. The van der Waals surface area contributed by atoms with Crippen LogP contribution in [0.2, 0.25) is 0 Å². The Morgan fingerprint density at radius 1 is 1.24 bits per heavy atom. The number of carbonyl (C=O) groups excluding carboxylic acids is 1. The van der Waals surface area contributed by atoms with Crippen molar-refractivity contribution in [3.63, 3.8) is 0 Å². The quantitative estimate of drug-likeness (QED) is 0.651. The van der Waals surface area contributed by atoms with Gasteiger partial charge in [-0.1, -0.05) is 40.0 Å². The molecule has 0 aromatic carbocycles. The van der Waals surface area contributed by atoms with Gasteiger partial charge in [0.05, 0.1) is 12.5 Å². The van der Waals surface area contributed by atoms with Crippen LogP contribution in [0.25, 0.3) is 0 Å². The van der Waals surface area contributed by atoms with E-state index in [1.165, 1.54) is 0 Å². The minimum absolute atomic E-state index is 0.102. The molecule has 0 rings (SSSR count). The molecular formula is C13H25NO3. The summed E-state index contributed by atoms with van der Waals surface area (Å²) in [5.74, 6) is -1.12. The number of carboxylic acid groups (broad SMARTS) is 1. The maximum absolute atomic E-state index is 12.2. The van der Waals surface area contributed by atoms with Crippen molar-refractivity contribution >= 4 is 11.8 Å². The van der Waals surface area contributed by atoms with Crippen molar-refractivity contribution in [2.45, 2.75) is 65.3 Å². The van der Waals surface area contributed by atoms with Crippen molar-refractivity contribution in [1.29, 1.82) is 0 Å². The summed E-state index contributed by atoms with van der Waals surface area (Å²) in [6.07, 6.45) is 4.21. The van der Waals surface area contributed by atoms with Crippen LogP contribution in [0.3, 0.4) is 0 Å². The van der Waals surface area contributed by atoms with E-state index < -0.39 is 17.4 Å². The van der Waals surface area contributed by atoms with Crippen LogP contribution in [-0.2, 0) is 9.59 Å². The summed E-state index contributed by atoms with van der Waals surface area (Å²) in [6.45, 7) is 6.02. The third-order valence-corrected chi connectivity index (χ3v) is 3.21. The van der Waals surface area contributed by atoms with Crippen LogP contribution in [0.15, 0.2) is 0 Å². The summed E-state index contributed by atoms with van der Waals surface area (Å²) in [5, 5.41) is 8.67. The number of aliphatic carboxylic acids is 1. The van der Waals surface area contributed by atoms with Gasteiger partial charge in [0.1, 0.15) is 0 Å². The van der Waals surface area contributed by atoms with Crippen LogP contribution >= 0.6 is 0 Å². The first-order valence-electron chi connectivity index (χ1n) is 6.39. The summed E-state index contributed by atoms with van der Waals surface area (Å²) in [6, 6.07) is -0.874. The Balaban J connectivity index is 4.66. The number of ketones is 1. The van der Waals surface area contributed by atoms with Gasteiger partial charge < -0.3 is 10.8 Å². The van der Waals surface area contributed by atoms with Crippen molar-refractivity contribution < 1.29 is 14.7 Å². The van der Waals surface area contributed by atoms with Gasteiger partial charge in [0, 0.05) is 5.41 Å². The van der Waals surface area contributed by atoms with Gasteiger partial charge >= 0.3 is 5.97 Å². The molecule has 100 valence electrons. The predicted molar refractivity (Wildman–Crippen MR) is 67.8 cm³/mol. The maximum Gasteiger partial charge on any atom is 0.305 e. The Morgan fingerprint density at radius 2 is 1.82 bits per heavy atom. The summed E-state index contributed by atoms with van der Waals surface area (Å²) in [5.41, 5.74) is 5.22. The third kappa shape index (κ3) is 5.31. The Labute approximate surface area is 104 Å². The number of Topliss-reactive ketones (excluding diaryl/α,β-unsaturated/α-hetero) is 1. The molecule has 17 heavy (non-hydrogen) atoms. The predicted octanol–water partition coefficient (Wildman–Crippen LogP) is 2.35. The van der Waals surface area contributed by atoms with Crippen LogP contribution in [0.4, 0.5) is 0 Å². The second-order valence-electron chi connectivity index (χ2n) is 4.98. The average molecular weight is 243 g/mol. The lowest BCUT2D eigenvalue weighted by molar-refractivity contribution is -0.141. The zero-order valence-corrected chi connectivity index (χ0v) is 11.2. The summed E-state index contributed by atoms with van der Waals surface area (Å²) in [7, 11) is 0. The molecule has 3 N–H and O–H groups in total. The molecule has 0 bridgehead atoms. The first kappa shape index (κ1) is 16.1. The van der Waals surface area contributed by atoms with Gasteiger partial charge in [-0.3, -0.25) is 9.59 Å². The van der Waals surface area contributed by atoms with Crippen LogP contribution in [0.1, 0.15) is 59.3 Å². The molecule has 0 aliphatic carbocycles. The molecule has 0 saturated carbocycles. The Kier molecular flexibility index (Phi) is 7.04. The Bertz CT molecular complexity index is 265. The standard InChI is InChI=1S/C13H25NO3/c1-4-6-8-13(3,7-5-2)12(17)10(14)9-11(15)16/h10H,4-9,14H2,1-3H3,(H,15,16). The summed E-state index contributed by atoms with van der Waals surface area (Å²) >= 11 is 0. The lowest BCUT2D eigenvalue weighted by Crippen LogP contribution is -2.43. The largest absolute Gasteiger partial charge is 0.481 e. The third-order valence-electron chi connectivity index (χ3n) is 3.21. The number of carbonyl (C=O) groups is 2. The Morgan fingerprint density at radius 3 is 2.24 bits per heavy atom. The highest BCUT2D eigenvalue weighted by molar-refractivity contribution is 5.92. The zero-order valence-electron chi connectivity index (χ0n) is 11.2. The number of nitrogens with two attached hydrogens (primary N) is 1. The molecule has 0 aromatic heterocycles. The second kappa shape index (κ2) is 7.43. The highest BCUT2D eigenvalue weighted by Crippen LogP contribution is 2.32. The second-order valence-corrected chi connectivity index (χ2v) is 4.98. The molecule has 0 aliphatic heterocycles. The smallest absolute Gasteiger partial charge is 0.305 e. The van der Waals surface area contributed by atoms with Crippen molar-refractivity contribution in [3.8, 4) is 0 Å². The van der Waals surface area contributed by atoms with E-state index in [9.17, 15) is 9.59 Å². The van der Waals surface area contributed by atoms with Gasteiger partial charge in [-0.2, -0.15) is 0 Å². The molecule has 0 amide bonds. The van der Waals surface area contributed by atoms with Crippen molar-refractivity contribution in [2.75, 3.05) is 0 Å². The van der Waals surface area contributed by atoms with E-state index >= 15 is 0 Å². The zero-order chi connectivity index (χ0) is 13.5. The van der Waals surface area contributed by atoms with Gasteiger partial charge in [-0.15, -0.1) is 0 Å². The highest BCUT2D eigenvalue weighted by Gasteiger charge is 2.35. The number of rotatable bonds is 9. The van der Waals surface area contributed by atoms with E-state index in [0.717, 1.165) is 32.1 Å². The van der Waals surface area contributed by atoms with Gasteiger partial charge in [-0.05, 0) is 12.8 Å².